The number of nitrogens with one attached hydrogen (secondary N) is 1. The number of sulfonamides is 1. The van der Waals surface area contributed by atoms with Gasteiger partial charge in [-0.25, -0.2) is 0 Å². The van der Waals surface area contributed by atoms with Crippen LogP contribution in [0.25, 0.3) is 0 Å². The predicted octanol–water partition coefficient (Wildman–Crippen LogP) is -1.31. The van der Waals surface area contributed by atoms with Crippen LogP contribution >= 0.6 is 0 Å². The molecule has 1 aliphatic rings. The summed E-state index contributed by atoms with van der Waals surface area (Å²) in [4.78, 5) is 0. The van der Waals surface area contributed by atoms with E-state index in [0.29, 0.717) is 13.1 Å². The molecule has 59 valence electrons. The Bertz CT molecular complexity index is 194. The van der Waals surface area contributed by atoms with E-state index >= 15 is 0 Å². The molecule has 0 saturated carbocycles. The molecule has 1 rings (SSSR count). The lowest BCUT2D eigenvalue weighted by molar-refractivity contribution is 0.449. The molecule has 1 N–H and O–H groups in total. The summed E-state index contributed by atoms with van der Waals surface area (Å²) in [5.74, 6) is 0. The summed E-state index contributed by atoms with van der Waals surface area (Å²) in [5.41, 5.74) is 0. The van der Waals surface area contributed by atoms with E-state index in [-0.39, 0.29) is 0 Å². The van der Waals surface area contributed by atoms with Crippen LogP contribution in [-0.2, 0) is 10.0 Å². The van der Waals surface area contributed by atoms with Crippen LogP contribution < -0.4 is 9.62 Å². The van der Waals surface area contributed by atoms with Crippen molar-refractivity contribution >= 4 is 10.0 Å². The van der Waals surface area contributed by atoms with E-state index in [1.165, 1.54) is 10.6 Å². The molecule has 0 atom stereocenters. The van der Waals surface area contributed by atoms with E-state index in [9.17, 15) is 8.42 Å². The van der Waals surface area contributed by atoms with Crippen molar-refractivity contribution in [2.45, 2.75) is 0 Å². The maximum Gasteiger partial charge on any atom is 0.338 e. The number of hydrogen-bond acceptors (Lipinski definition) is 3. The van der Waals surface area contributed by atoms with Crippen molar-refractivity contribution in [3.05, 3.63) is 0 Å². The lowest BCUT2D eigenvalue weighted by atomic mass is 10.4. The minimum absolute atomic E-state index is 0.610. The zero-order chi connectivity index (χ0) is 7.61. The van der Waals surface area contributed by atoms with Gasteiger partial charge in [0, 0.05) is 0 Å². The Hall–Kier alpha value is -0.130. The maximum absolute atomic E-state index is 10.9. The zero-order valence-corrected chi connectivity index (χ0v) is 6.82. The molecular weight excluding hydrogens is 152 g/mol. The first-order valence-corrected chi connectivity index (χ1v) is 5.11. The summed E-state index contributed by atoms with van der Waals surface area (Å²) in [6, 6.07) is 0. The molecule has 0 unspecified atom stereocenters. The summed E-state index contributed by atoms with van der Waals surface area (Å²) in [6.07, 6.45) is 1.25. The van der Waals surface area contributed by atoms with Crippen molar-refractivity contribution in [3.8, 4) is 0 Å². The van der Waals surface area contributed by atoms with Crippen LogP contribution in [0.4, 0.5) is 0 Å². The van der Waals surface area contributed by atoms with E-state index in [2.05, 4.69) is 5.32 Å². The van der Waals surface area contributed by atoms with Crippen LogP contribution in [0.3, 0.4) is 0 Å². The SMILES string of the molecule is CS(=O)(=O)[N+]1CCNCC1. The second-order valence-corrected chi connectivity index (χ2v) is 4.39. The molecule has 1 saturated heterocycles. The van der Waals surface area contributed by atoms with Crippen molar-refractivity contribution in [1.82, 2.24) is 9.62 Å². The van der Waals surface area contributed by atoms with Gasteiger partial charge in [-0.15, -0.1) is 0 Å². The second kappa shape index (κ2) is 2.86. The third-order valence-corrected chi connectivity index (χ3v) is 2.85. The van der Waals surface area contributed by atoms with Gasteiger partial charge in [0.05, 0.1) is 19.3 Å². The molecular formula is C5H12N2O2S+. The Morgan fingerprint density at radius 2 is 1.80 bits per heavy atom. The normalized spacial score (nSPS) is 22.9. The molecule has 1 fully saturated rings. The second-order valence-electron chi connectivity index (χ2n) is 2.41. The number of hydrogen-bond donors (Lipinski definition) is 1. The molecule has 1 radical (unpaired) electrons. The fourth-order valence-electron chi connectivity index (χ4n) is 0.976. The summed E-state index contributed by atoms with van der Waals surface area (Å²) in [5, 5.41) is 3.08. The molecule has 0 spiro atoms. The first kappa shape index (κ1) is 7.97. The van der Waals surface area contributed by atoms with Crippen LogP contribution in [0.2, 0.25) is 0 Å². The maximum atomic E-state index is 10.9. The Kier molecular flexibility index (Phi) is 2.28. The van der Waals surface area contributed by atoms with E-state index < -0.39 is 10.0 Å². The van der Waals surface area contributed by atoms with Crippen LogP contribution in [0.5, 0.6) is 0 Å². The third kappa shape index (κ3) is 1.93. The quantitative estimate of drug-likeness (QED) is 0.490. The fourth-order valence-corrected chi connectivity index (χ4v) is 1.82. The molecule has 0 aromatic carbocycles. The van der Waals surface area contributed by atoms with Crippen molar-refractivity contribution in [3.63, 3.8) is 0 Å². The predicted molar refractivity (Wildman–Crippen MR) is 39.6 cm³/mol. The Balaban J connectivity index is 2.56. The van der Waals surface area contributed by atoms with E-state index in [4.69, 9.17) is 0 Å². The Labute approximate surface area is 61.3 Å². The van der Waals surface area contributed by atoms with E-state index in [0.717, 1.165) is 13.1 Å². The van der Waals surface area contributed by atoms with E-state index in [1.807, 2.05) is 0 Å². The third-order valence-electron chi connectivity index (χ3n) is 1.54. The minimum Gasteiger partial charge on any atom is -0.306 e. The molecule has 0 aromatic rings. The number of piperazine rings is 1. The summed E-state index contributed by atoms with van der Waals surface area (Å²) >= 11 is 0. The molecule has 5 heteroatoms. The van der Waals surface area contributed by atoms with Gasteiger partial charge in [0.15, 0.2) is 13.1 Å². The monoisotopic (exact) mass is 164 g/mol. The number of nitrogens with zero attached hydrogens (tertiary/aromatic N) is 1. The van der Waals surface area contributed by atoms with Crippen molar-refractivity contribution < 1.29 is 8.42 Å². The van der Waals surface area contributed by atoms with Gasteiger partial charge >= 0.3 is 10.0 Å². The van der Waals surface area contributed by atoms with Gasteiger partial charge in [0.2, 0.25) is 0 Å². The standard InChI is InChI=1S/C5H12N2O2S/c1-10(8,9)7-4-2-6-3-5-7/h6H,2-5H2,1H3/q+1. The average molecular weight is 164 g/mol. The van der Waals surface area contributed by atoms with Crippen LogP contribution in [0.15, 0.2) is 0 Å². The molecule has 1 heterocycles. The minimum atomic E-state index is -2.93. The van der Waals surface area contributed by atoms with Crippen molar-refractivity contribution in [1.29, 1.82) is 0 Å². The lowest BCUT2D eigenvalue weighted by Gasteiger charge is -2.14. The highest BCUT2D eigenvalue weighted by atomic mass is 32.2. The summed E-state index contributed by atoms with van der Waals surface area (Å²) in [6.45, 7) is 2.76. The van der Waals surface area contributed by atoms with Gasteiger partial charge in [-0.1, -0.05) is 4.31 Å². The van der Waals surface area contributed by atoms with Gasteiger partial charge in [0.1, 0.15) is 0 Å². The van der Waals surface area contributed by atoms with Crippen LogP contribution in [0.1, 0.15) is 0 Å². The topological polar surface area (TPSA) is 52.1 Å². The van der Waals surface area contributed by atoms with Crippen LogP contribution in [-0.4, -0.2) is 40.9 Å². The highest BCUT2D eigenvalue weighted by Crippen LogP contribution is 1.93. The van der Waals surface area contributed by atoms with Gasteiger partial charge in [-0.2, -0.15) is 8.42 Å². The molecule has 10 heavy (non-hydrogen) atoms. The summed E-state index contributed by atoms with van der Waals surface area (Å²) in [7, 11) is -2.93. The first-order chi connectivity index (χ1) is 4.61. The molecule has 0 amide bonds. The summed E-state index contributed by atoms with van der Waals surface area (Å²) < 4.78 is 23.3. The van der Waals surface area contributed by atoms with Gasteiger partial charge in [-0.3, -0.25) is 0 Å². The van der Waals surface area contributed by atoms with Gasteiger partial charge in [0.25, 0.3) is 0 Å². The molecule has 0 aromatic heterocycles. The average Bonchev–Trinajstić information content (AvgIpc) is 1.88. The van der Waals surface area contributed by atoms with Gasteiger partial charge < -0.3 is 5.32 Å². The molecule has 0 bridgehead atoms. The van der Waals surface area contributed by atoms with Crippen LogP contribution in [0, 0.1) is 0 Å². The Morgan fingerprint density at radius 1 is 1.30 bits per heavy atom. The number of rotatable bonds is 1. The largest absolute Gasteiger partial charge is 0.338 e. The Morgan fingerprint density at radius 3 is 2.10 bits per heavy atom. The molecule has 1 aliphatic heterocycles. The smallest absolute Gasteiger partial charge is 0.306 e. The van der Waals surface area contributed by atoms with Crippen molar-refractivity contribution in [2.75, 3.05) is 32.4 Å². The zero-order valence-electron chi connectivity index (χ0n) is 6.00. The van der Waals surface area contributed by atoms with Gasteiger partial charge in [-0.05, 0) is 0 Å². The molecule has 0 aliphatic carbocycles. The lowest BCUT2D eigenvalue weighted by Crippen LogP contribution is -2.49. The highest BCUT2D eigenvalue weighted by Gasteiger charge is 2.28. The fraction of sp³-hybridized carbons (Fsp3) is 1.00. The van der Waals surface area contributed by atoms with E-state index in [1.54, 1.807) is 0 Å². The first-order valence-electron chi connectivity index (χ1n) is 3.26. The molecule has 4 nitrogen and oxygen atoms in total. The highest BCUT2D eigenvalue weighted by molar-refractivity contribution is 7.89. The van der Waals surface area contributed by atoms with Crippen molar-refractivity contribution in [2.24, 2.45) is 0 Å².